The number of carbonyl (C=O) groups excluding carboxylic acids is 1. The largest absolute Gasteiger partial charge is 0.385 e. The fourth-order valence-electron chi connectivity index (χ4n) is 4.56. The fourth-order valence-corrected chi connectivity index (χ4v) is 4.56. The predicted molar refractivity (Wildman–Crippen MR) is 154 cm³/mol. The topological polar surface area (TPSA) is 29.1 Å². The Bertz CT molecular complexity index is 809. The lowest BCUT2D eigenvalue weighted by molar-refractivity contribution is 0.101. The third-order valence-corrected chi connectivity index (χ3v) is 6.92. The number of allylic oxidation sites excluding steroid dienone is 2. The number of rotatable bonds is 20. The second-order valence-electron chi connectivity index (χ2n) is 10.1. The second-order valence-corrected chi connectivity index (χ2v) is 10.1. The number of benzene rings is 2. The summed E-state index contributed by atoms with van der Waals surface area (Å²) in [5.41, 5.74) is 3.30. The van der Waals surface area contributed by atoms with Gasteiger partial charge in [-0.2, -0.15) is 0 Å². The molecular formula is C33H49NO. The lowest BCUT2D eigenvalue weighted by Crippen LogP contribution is -2.01. The highest BCUT2D eigenvalue weighted by atomic mass is 16.1. The quantitative estimate of drug-likeness (QED) is 0.117. The Labute approximate surface area is 215 Å². The van der Waals surface area contributed by atoms with Crippen molar-refractivity contribution in [3.63, 3.8) is 0 Å². The number of carbonyl (C=O) groups is 1. The van der Waals surface area contributed by atoms with Crippen LogP contribution < -0.4 is 5.32 Å². The van der Waals surface area contributed by atoms with Crippen molar-refractivity contribution in [2.75, 3.05) is 11.9 Å². The van der Waals surface area contributed by atoms with Gasteiger partial charge in [0, 0.05) is 17.8 Å². The van der Waals surface area contributed by atoms with E-state index in [9.17, 15) is 4.79 Å². The number of Topliss-reactive ketones (excluding diaryl/α,β-unsaturated/α-hetero) is 1. The Morgan fingerprint density at radius 1 is 0.714 bits per heavy atom. The van der Waals surface area contributed by atoms with E-state index >= 15 is 0 Å². The van der Waals surface area contributed by atoms with E-state index in [1.807, 2.05) is 24.3 Å². The first-order valence-corrected chi connectivity index (χ1v) is 14.2. The van der Waals surface area contributed by atoms with Crippen LogP contribution in [0.5, 0.6) is 0 Å². The summed E-state index contributed by atoms with van der Waals surface area (Å²) >= 11 is 0. The highest BCUT2D eigenvalue weighted by Crippen LogP contribution is 2.17. The second kappa shape index (κ2) is 18.9. The third-order valence-electron chi connectivity index (χ3n) is 6.92. The van der Waals surface area contributed by atoms with Crippen molar-refractivity contribution in [1.82, 2.24) is 0 Å². The smallest absolute Gasteiger partial charge is 0.159 e. The zero-order chi connectivity index (χ0) is 25.0. The van der Waals surface area contributed by atoms with Crippen molar-refractivity contribution in [3.05, 3.63) is 77.9 Å². The van der Waals surface area contributed by atoms with Gasteiger partial charge in [-0.1, -0.05) is 120 Å². The molecule has 0 radical (unpaired) electrons. The number of nitrogens with one attached hydrogen (secondary N) is 1. The van der Waals surface area contributed by atoms with E-state index in [4.69, 9.17) is 0 Å². The molecule has 0 aromatic heterocycles. The van der Waals surface area contributed by atoms with Crippen LogP contribution in [0.25, 0.3) is 0 Å². The van der Waals surface area contributed by atoms with E-state index in [1.54, 1.807) is 6.92 Å². The molecule has 192 valence electrons. The minimum Gasteiger partial charge on any atom is -0.385 e. The van der Waals surface area contributed by atoms with Crippen LogP contribution in [0, 0.1) is 0 Å². The van der Waals surface area contributed by atoms with Crippen LogP contribution in [0.1, 0.15) is 126 Å². The standard InChI is InChI=1S/C33H49NO/c1-29(31-22-18-16-19-23-31)21-17-14-12-10-8-6-4-3-5-7-9-11-13-15-20-28-34-33-26-24-32(25-27-33)30(2)35/h16-19,21-27,29,34H,3-15,20,28H2,1-2H3. The molecule has 2 nitrogen and oxygen atoms in total. The Kier molecular flexibility index (Phi) is 15.6. The van der Waals surface area contributed by atoms with Gasteiger partial charge in [-0.05, 0) is 61.9 Å². The molecule has 0 heterocycles. The van der Waals surface area contributed by atoms with E-state index < -0.39 is 0 Å². The van der Waals surface area contributed by atoms with Gasteiger partial charge in [-0.15, -0.1) is 0 Å². The summed E-state index contributed by atoms with van der Waals surface area (Å²) in [6.45, 7) is 4.91. The van der Waals surface area contributed by atoms with Crippen molar-refractivity contribution in [1.29, 1.82) is 0 Å². The number of hydrogen-bond donors (Lipinski definition) is 1. The third kappa shape index (κ3) is 14.0. The van der Waals surface area contributed by atoms with E-state index in [1.165, 1.54) is 95.5 Å². The number of ketones is 1. The molecule has 1 N–H and O–H groups in total. The van der Waals surface area contributed by atoms with Gasteiger partial charge in [0.2, 0.25) is 0 Å². The number of anilines is 1. The Balaban J connectivity index is 1.29. The Morgan fingerprint density at radius 2 is 1.23 bits per heavy atom. The highest BCUT2D eigenvalue weighted by Gasteiger charge is 2.00. The fraction of sp³-hybridized carbons (Fsp3) is 0.545. The molecule has 35 heavy (non-hydrogen) atoms. The molecule has 2 heteroatoms. The average Bonchev–Trinajstić information content (AvgIpc) is 2.88. The molecule has 1 unspecified atom stereocenters. The van der Waals surface area contributed by atoms with Crippen LogP contribution in [0.4, 0.5) is 5.69 Å². The number of hydrogen-bond acceptors (Lipinski definition) is 2. The van der Waals surface area contributed by atoms with Crippen LogP contribution in [0.15, 0.2) is 66.7 Å². The molecule has 0 fully saturated rings. The lowest BCUT2D eigenvalue weighted by atomic mass is 10.00. The van der Waals surface area contributed by atoms with Crippen LogP contribution in [0.2, 0.25) is 0 Å². The zero-order valence-electron chi connectivity index (χ0n) is 22.4. The molecule has 0 saturated heterocycles. The first-order valence-electron chi connectivity index (χ1n) is 14.2. The molecule has 2 rings (SSSR count). The van der Waals surface area contributed by atoms with Crippen LogP contribution in [0.3, 0.4) is 0 Å². The molecule has 0 aliphatic carbocycles. The molecule has 2 aromatic carbocycles. The van der Waals surface area contributed by atoms with Gasteiger partial charge in [0.1, 0.15) is 0 Å². The maximum atomic E-state index is 11.3. The predicted octanol–water partition coefficient (Wildman–Crippen LogP) is 10.1. The SMILES string of the molecule is CC(=O)c1ccc(NCCCCCCCCCCCCCCCC=CC(C)c2ccccc2)cc1. The van der Waals surface area contributed by atoms with Gasteiger partial charge >= 0.3 is 0 Å². The maximum Gasteiger partial charge on any atom is 0.159 e. The van der Waals surface area contributed by atoms with Gasteiger partial charge in [0.15, 0.2) is 5.78 Å². The van der Waals surface area contributed by atoms with Crippen LogP contribution in [-0.4, -0.2) is 12.3 Å². The summed E-state index contributed by atoms with van der Waals surface area (Å²) in [6.07, 6.45) is 23.8. The summed E-state index contributed by atoms with van der Waals surface area (Å²) in [5, 5.41) is 3.46. The van der Waals surface area contributed by atoms with E-state index in [2.05, 4.69) is 54.7 Å². The molecule has 2 aromatic rings. The van der Waals surface area contributed by atoms with Crippen molar-refractivity contribution >= 4 is 11.5 Å². The van der Waals surface area contributed by atoms with Crippen molar-refractivity contribution in [2.45, 2.75) is 110 Å². The van der Waals surface area contributed by atoms with Crippen LogP contribution >= 0.6 is 0 Å². The van der Waals surface area contributed by atoms with Crippen molar-refractivity contribution in [3.8, 4) is 0 Å². The Hall–Kier alpha value is -2.35. The molecule has 1 atom stereocenters. The maximum absolute atomic E-state index is 11.3. The summed E-state index contributed by atoms with van der Waals surface area (Å²) in [7, 11) is 0. The average molecular weight is 476 g/mol. The monoisotopic (exact) mass is 475 g/mol. The van der Waals surface area contributed by atoms with E-state index in [0.717, 1.165) is 17.8 Å². The van der Waals surface area contributed by atoms with Crippen LogP contribution in [-0.2, 0) is 0 Å². The molecule has 0 aliphatic heterocycles. The lowest BCUT2D eigenvalue weighted by Gasteiger charge is -2.07. The molecule has 0 aliphatic rings. The molecular weight excluding hydrogens is 426 g/mol. The van der Waals surface area contributed by atoms with Gasteiger partial charge in [0.25, 0.3) is 0 Å². The summed E-state index contributed by atoms with van der Waals surface area (Å²) in [6, 6.07) is 18.6. The summed E-state index contributed by atoms with van der Waals surface area (Å²) < 4.78 is 0. The van der Waals surface area contributed by atoms with Gasteiger partial charge in [-0.25, -0.2) is 0 Å². The molecule has 0 amide bonds. The first-order chi connectivity index (χ1) is 17.2. The minimum absolute atomic E-state index is 0.125. The Morgan fingerprint density at radius 3 is 1.77 bits per heavy atom. The zero-order valence-corrected chi connectivity index (χ0v) is 22.4. The van der Waals surface area contributed by atoms with E-state index in [-0.39, 0.29) is 5.78 Å². The minimum atomic E-state index is 0.125. The van der Waals surface area contributed by atoms with Gasteiger partial charge in [0.05, 0.1) is 0 Å². The summed E-state index contributed by atoms with van der Waals surface area (Å²) in [4.78, 5) is 11.3. The first kappa shape index (κ1) is 28.9. The molecule has 0 saturated carbocycles. The molecule has 0 spiro atoms. The normalized spacial score (nSPS) is 12.2. The summed E-state index contributed by atoms with van der Waals surface area (Å²) in [5.74, 6) is 0.650. The highest BCUT2D eigenvalue weighted by molar-refractivity contribution is 5.94. The van der Waals surface area contributed by atoms with Gasteiger partial charge in [-0.3, -0.25) is 4.79 Å². The van der Waals surface area contributed by atoms with Crippen molar-refractivity contribution < 1.29 is 4.79 Å². The van der Waals surface area contributed by atoms with E-state index in [0.29, 0.717) is 5.92 Å². The van der Waals surface area contributed by atoms with Crippen molar-refractivity contribution in [2.24, 2.45) is 0 Å². The number of unbranched alkanes of at least 4 members (excludes halogenated alkanes) is 13. The molecule has 0 bridgehead atoms. The van der Waals surface area contributed by atoms with Gasteiger partial charge < -0.3 is 5.32 Å².